The smallest absolute Gasteiger partial charge is 0.409 e. The van der Waals surface area contributed by atoms with Gasteiger partial charge in [0.05, 0.1) is 28.9 Å². The van der Waals surface area contributed by atoms with E-state index in [1.165, 1.54) is 17.0 Å². The highest BCUT2D eigenvalue weighted by Gasteiger charge is 2.07. The number of aryl methyl sites for hydroxylation is 1. The number of hydrogen-bond donors (Lipinski definition) is 2. The molecule has 1 amide bonds. The van der Waals surface area contributed by atoms with Gasteiger partial charge in [-0.05, 0) is 36.8 Å². The summed E-state index contributed by atoms with van der Waals surface area (Å²) in [4.78, 5) is 27.5. The van der Waals surface area contributed by atoms with Crippen LogP contribution in [0.1, 0.15) is 6.42 Å². The van der Waals surface area contributed by atoms with Crippen molar-refractivity contribution in [2.75, 3.05) is 11.9 Å². The van der Waals surface area contributed by atoms with Gasteiger partial charge in [0.15, 0.2) is 0 Å². The Morgan fingerprint density at radius 3 is 2.85 bits per heavy atom. The summed E-state index contributed by atoms with van der Waals surface area (Å²) in [5.41, 5.74) is 0.597. The third kappa shape index (κ3) is 4.12. The molecular weight excluding hydrogens is 358 g/mol. The Balaban J connectivity index is 1.69. The lowest BCUT2D eigenvalue weighted by Crippen LogP contribution is -2.22. The van der Waals surface area contributed by atoms with Gasteiger partial charge in [-0.25, -0.2) is 9.78 Å². The van der Waals surface area contributed by atoms with Crippen molar-refractivity contribution in [3.63, 3.8) is 0 Å². The molecule has 134 valence electrons. The third-order valence-electron chi connectivity index (χ3n) is 3.71. The Morgan fingerprint density at radius 2 is 2.08 bits per heavy atom. The van der Waals surface area contributed by atoms with Gasteiger partial charge in [0.1, 0.15) is 5.75 Å². The number of ether oxygens (including phenoxy) is 1. The highest BCUT2D eigenvalue weighted by molar-refractivity contribution is 6.32. The molecule has 3 rings (SSSR count). The van der Waals surface area contributed by atoms with Gasteiger partial charge >= 0.3 is 6.09 Å². The first kappa shape index (κ1) is 17.8. The highest BCUT2D eigenvalue weighted by Crippen LogP contribution is 2.23. The Labute approximate surface area is 153 Å². The Hall–Kier alpha value is -3.06. The molecule has 0 spiro atoms. The number of halogens is 1. The minimum absolute atomic E-state index is 0.234. The van der Waals surface area contributed by atoms with Gasteiger partial charge in [0.2, 0.25) is 0 Å². The summed E-state index contributed by atoms with van der Waals surface area (Å²) in [5, 5.41) is 11.9. The predicted molar refractivity (Wildman–Crippen MR) is 99.2 cm³/mol. The molecule has 0 saturated carbocycles. The molecule has 0 aliphatic carbocycles. The summed E-state index contributed by atoms with van der Waals surface area (Å²) < 4.78 is 7.08. The van der Waals surface area contributed by atoms with E-state index in [-0.39, 0.29) is 5.56 Å². The zero-order valence-electron chi connectivity index (χ0n) is 13.7. The number of fused-ring (bicyclic) bond motifs is 1. The molecule has 0 fully saturated rings. The van der Waals surface area contributed by atoms with Gasteiger partial charge in [-0.3, -0.25) is 14.7 Å². The lowest BCUT2D eigenvalue weighted by Gasteiger charge is -2.10. The summed E-state index contributed by atoms with van der Waals surface area (Å²) in [5.74, 6) is 0.600. The predicted octanol–water partition coefficient (Wildman–Crippen LogP) is 3.61. The van der Waals surface area contributed by atoms with Crippen LogP contribution in [0.15, 0.2) is 53.6 Å². The van der Waals surface area contributed by atoms with Crippen molar-refractivity contribution in [2.24, 2.45) is 0 Å². The minimum atomic E-state index is -1.19. The van der Waals surface area contributed by atoms with Crippen LogP contribution < -0.4 is 15.6 Å². The molecule has 1 aromatic heterocycles. The van der Waals surface area contributed by atoms with Crippen molar-refractivity contribution >= 4 is 34.3 Å². The number of benzene rings is 2. The SMILES string of the molecule is O=C(O)Nc1ccc2ncn(CCCOc3ccccc3Cl)c(=O)c2c1. The second-order valence-electron chi connectivity index (χ2n) is 5.54. The molecule has 0 bridgehead atoms. The highest BCUT2D eigenvalue weighted by atomic mass is 35.5. The molecule has 0 aliphatic rings. The number of carbonyl (C=O) groups is 1. The van der Waals surface area contributed by atoms with Crippen LogP contribution in [-0.4, -0.2) is 27.4 Å². The summed E-state index contributed by atoms with van der Waals surface area (Å²) in [7, 11) is 0. The Morgan fingerprint density at radius 1 is 1.27 bits per heavy atom. The van der Waals surface area contributed by atoms with Crippen molar-refractivity contribution in [1.29, 1.82) is 0 Å². The first-order chi connectivity index (χ1) is 12.5. The summed E-state index contributed by atoms with van der Waals surface area (Å²) in [6, 6.07) is 11.8. The normalized spacial score (nSPS) is 10.7. The molecule has 7 nitrogen and oxygen atoms in total. The maximum absolute atomic E-state index is 12.6. The lowest BCUT2D eigenvalue weighted by molar-refractivity contribution is 0.210. The molecule has 0 saturated heterocycles. The molecule has 2 aromatic carbocycles. The molecule has 0 aliphatic heterocycles. The van der Waals surface area contributed by atoms with E-state index in [4.69, 9.17) is 21.4 Å². The van der Waals surface area contributed by atoms with Crippen LogP contribution in [-0.2, 0) is 6.54 Å². The second kappa shape index (κ2) is 7.88. The molecule has 1 heterocycles. The Bertz CT molecular complexity index is 1000. The number of hydrogen-bond acceptors (Lipinski definition) is 4. The Kier molecular flexibility index (Phi) is 5.38. The molecule has 26 heavy (non-hydrogen) atoms. The fraction of sp³-hybridized carbons (Fsp3) is 0.167. The zero-order chi connectivity index (χ0) is 18.5. The number of para-hydroxylation sites is 1. The van der Waals surface area contributed by atoms with Crippen LogP contribution >= 0.6 is 11.6 Å². The molecule has 2 N–H and O–H groups in total. The average Bonchev–Trinajstić information content (AvgIpc) is 2.61. The maximum atomic E-state index is 12.6. The fourth-order valence-electron chi connectivity index (χ4n) is 2.50. The number of nitrogens with one attached hydrogen (secondary N) is 1. The van der Waals surface area contributed by atoms with E-state index >= 15 is 0 Å². The van der Waals surface area contributed by atoms with Crippen molar-refractivity contribution in [3.8, 4) is 5.75 Å². The van der Waals surface area contributed by atoms with E-state index in [1.807, 2.05) is 12.1 Å². The van der Waals surface area contributed by atoms with Gasteiger partial charge < -0.3 is 9.84 Å². The van der Waals surface area contributed by atoms with E-state index in [2.05, 4.69) is 10.3 Å². The largest absolute Gasteiger partial charge is 0.492 e. The zero-order valence-corrected chi connectivity index (χ0v) is 14.4. The van der Waals surface area contributed by atoms with Crippen LogP contribution in [0, 0.1) is 0 Å². The minimum Gasteiger partial charge on any atom is -0.492 e. The van der Waals surface area contributed by atoms with Crippen LogP contribution in [0.25, 0.3) is 10.9 Å². The van der Waals surface area contributed by atoms with Gasteiger partial charge in [0.25, 0.3) is 5.56 Å². The maximum Gasteiger partial charge on any atom is 0.409 e. The molecule has 0 unspecified atom stereocenters. The van der Waals surface area contributed by atoms with Crippen molar-refractivity contribution in [1.82, 2.24) is 9.55 Å². The third-order valence-corrected chi connectivity index (χ3v) is 4.03. The second-order valence-corrected chi connectivity index (χ2v) is 5.94. The topological polar surface area (TPSA) is 93.5 Å². The number of carboxylic acid groups (broad SMARTS) is 1. The average molecular weight is 374 g/mol. The van der Waals surface area contributed by atoms with Gasteiger partial charge in [-0.2, -0.15) is 0 Å². The van der Waals surface area contributed by atoms with Crippen LogP contribution in [0.2, 0.25) is 5.02 Å². The fourth-order valence-corrected chi connectivity index (χ4v) is 2.69. The van der Waals surface area contributed by atoms with Crippen LogP contribution in [0.5, 0.6) is 5.75 Å². The van der Waals surface area contributed by atoms with E-state index < -0.39 is 6.09 Å². The summed E-state index contributed by atoms with van der Waals surface area (Å²) >= 11 is 6.02. The lowest BCUT2D eigenvalue weighted by atomic mass is 10.2. The van der Waals surface area contributed by atoms with E-state index in [9.17, 15) is 9.59 Å². The van der Waals surface area contributed by atoms with Gasteiger partial charge in [0, 0.05) is 12.2 Å². The molecule has 0 atom stereocenters. The number of rotatable bonds is 6. The molecule has 3 aromatic rings. The standard InChI is InChI=1S/C18H16ClN3O4/c19-14-4-1-2-5-16(14)26-9-3-8-22-11-20-15-7-6-12(21-18(24)25)10-13(15)17(22)23/h1-2,4-7,10-11,21H,3,8-9H2,(H,24,25). The first-order valence-electron chi connectivity index (χ1n) is 7.91. The van der Waals surface area contributed by atoms with E-state index in [0.717, 1.165) is 0 Å². The molecule has 8 heteroatoms. The summed E-state index contributed by atoms with van der Waals surface area (Å²) in [6.45, 7) is 0.817. The molecular formula is C18H16ClN3O4. The van der Waals surface area contributed by atoms with E-state index in [0.29, 0.717) is 46.9 Å². The monoisotopic (exact) mass is 373 g/mol. The summed E-state index contributed by atoms with van der Waals surface area (Å²) in [6.07, 6.45) is 0.876. The first-order valence-corrected chi connectivity index (χ1v) is 8.29. The number of anilines is 1. The van der Waals surface area contributed by atoms with Crippen molar-refractivity contribution in [2.45, 2.75) is 13.0 Å². The van der Waals surface area contributed by atoms with Crippen LogP contribution in [0.3, 0.4) is 0 Å². The van der Waals surface area contributed by atoms with Gasteiger partial charge in [-0.15, -0.1) is 0 Å². The van der Waals surface area contributed by atoms with E-state index in [1.54, 1.807) is 24.3 Å². The number of amides is 1. The quantitative estimate of drug-likeness (QED) is 0.644. The van der Waals surface area contributed by atoms with Gasteiger partial charge in [-0.1, -0.05) is 23.7 Å². The number of nitrogens with zero attached hydrogens (tertiary/aromatic N) is 2. The van der Waals surface area contributed by atoms with Crippen molar-refractivity contribution < 1.29 is 14.6 Å². The van der Waals surface area contributed by atoms with Crippen molar-refractivity contribution in [3.05, 3.63) is 64.2 Å². The molecule has 0 radical (unpaired) electrons. The number of aromatic nitrogens is 2. The van der Waals surface area contributed by atoms with Crippen LogP contribution in [0.4, 0.5) is 10.5 Å².